The Labute approximate surface area is 122 Å². The maximum absolute atomic E-state index is 12.5. The first-order valence-electron chi connectivity index (χ1n) is 6.84. The molecule has 1 unspecified atom stereocenters. The van der Waals surface area contributed by atoms with Crippen LogP contribution in [0.1, 0.15) is 0 Å². The molecule has 3 heterocycles. The van der Waals surface area contributed by atoms with Gasteiger partial charge in [-0.25, -0.2) is 9.97 Å². The number of hydrogen-bond acceptors (Lipinski definition) is 6. The maximum Gasteiger partial charge on any atom is 0.253 e. The van der Waals surface area contributed by atoms with Crippen molar-refractivity contribution in [1.82, 2.24) is 14.9 Å². The molecule has 1 amide bonds. The zero-order valence-corrected chi connectivity index (χ0v) is 12.1. The molecule has 0 aliphatic carbocycles. The van der Waals surface area contributed by atoms with Crippen molar-refractivity contribution < 1.29 is 9.53 Å². The Balaban J connectivity index is 1.64. The summed E-state index contributed by atoms with van der Waals surface area (Å²) in [4.78, 5) is 24.6. The first-order valence-corrected chi connectivity index (χ1v) is 7.99. The van der Waals surface area contributed by atoms with E-state index in [9.17, 15) is 4.79 Å². The SMILES string of the molecule is O=C(C1CN(c2ccncn2)CCO1)N1CCSCC1. The highest BCUT2D eigenvalue weighted by Gasteiger charge is 2.31. The second-order valence-electron chi connectivity index (χ2n) is 4.81. The molecule has 1 atom stereocenters. The third kappa shape index (κ3) is 3.04. The Kier molecular flexibility index (Phi) is 4.37. The van der Waals surface area contributed by atoms with E-state index in [0.29, 0.717) is 13.2 Å². The lowest BCUT2D eigenvalue weighted by atomic mass is 10.2. The number of carbonyl (C=O) groups excluding carboxylic acids is 1. The Morgan fingerprint density at radius 1 is 1.35 bits per heavy atom. The van der Waals surface area contributed by atoms with Crippen molar-refractivity contribution in [2.75, 3.05) is 49.2 Å². The Hall–Kier alpha value is -1.34. The molecular formula is C13H18N4O2S. The van der Waals surface area contributed by atoms with Crippen molar-refractivity contribution in [3.63, 3.8) is 0 Å². The zero-order valence-electron chi connectivity index (χ0n) is 11.3. The van der Waals surface area contributed by atoms with Crippen LogP contribution >= 0.6 is 11.8 Å². The number of amides is 1. The van der Waals surface area contributed by atoms with Crippen LogP contribution in [0.5, 0.6) is 0 Å². The van der Waals surface area contributed by atoms with E-state index in [1.807, 2.05) is 22.7 Å². The fourth-order valence-corrected chi connectivity index (χ4v) is 3.37. The molecule has 2 aliphatic heterocycles. The highest BCUT2D eigenvalue weighted by Crippen LogP contribution is 2.17. The molecule has 0 saturated carbocycles. The second-order valence-corrected chi connectivity index (χ2v) is 6.04. The number of morpholine rings is 1. The van der Waals surface area contributed by atoms with Crippen LogP contribution < -0.4 is 4.90 Å². The summed E-state index contributed by atoms with van der Waals surface area (Å²) in [6, 6.07) is 1.87. The van der Waals surface area contributed by atoms with Crippen LogP contribution in [-0.4, -0.2) is 71.2 Å². The van der Waals surface area contributed by atoms with Gasteiger partial charge >= 0.3 is 0 Å². The molecule has 2 saturated heterocycles. The minimum atomic E-state index is -0.373. The van der Waals surface area contributed by atoms with Crippen molar-refractivity contribution in [2.24, 2.45) is 0 Å². The van der Waals surface area contributed by atoms with Gasteiger partial charge < -0.3 is 14.5 Å². The predicted octanol–water partition coefficient (Wildman–Crippen LogP) is 0.257. The lowest BCUT2D eigenvalue weighted by Gasteiger charge is -2.36. The Morgan fingerprint density at radius 3 is 2.95 bits per heavy atom. The molecule has 2 aliphatic rings. The molecule has 0 radical (unpaired) electrons. The second kappa shape index (κ2) is 6.41. The van der Waals surface area contributed by atoms with Crippen LogP contribution in [0.3, 0.4) is 0 Å². The van der Waals surface area contributed by atoms with Crippen LogP contribution in [0.4, 0.5) is 5.82 Å². The minimum Gasteiger partial charge on any atom is -0.365 e. The van der Waals surface area contributed by atoms with Crippen LogP contribution in [0, 0.1) is 0 Å². The lowest BCUT2D eigenvalue weighted by molar-refractivity contribution is -0.144. The number of hydrogen-bond donors (Lipinski definition) is 0. The standard InChI is InChI=1S/C13H18N4O2S/c18-13(16-4-7-20-8-5-16)11-9-17(3-6-19-11)12-1-2-14-10-15-12/h1-2,10-11H,3-9H2. The number of ether oxygens (including phenoxy) is 1. The van der Waals surface area contributed by atoms with Gasteiger partial charge in [0, 0.05) is 37.3 Å². The molecule has 0 bridgehead atoms. The van der Waals surface area contributed by atoms with Crippen molar-refractivity contribution in [1.29, 1.82) is 0 Å². The van der Waals surface area contributed by atoms with Gasteiger partial charge in [-0.05, 0) is 6.07 Å². The first-order chi connectivity index (χ1) is 9.84. The van der Waals surface area contributed by atoms with Gasteiger partial charge in [-0.3, -0.25) is 4.79 Å². The van der Waals surface area contributed by atoms with Gasteiger partial charge in [0.05, 0.1) is 13.2 Å². The summed E-state index contributed by atoms with van der Waals surface area (Å²) in [7, 11) is 0. The molecular weight excluding hydrogens is 276 g/mol. The van der Waals surface area contributed by atoms with E-state index in [-0.39, 0.29) is 12.0 Å². The van der Waals surface area contributed by atoms with E-state index in [1.165, 1.54) is 6.33 Å². The Morgan fingerprint density at radius 2 is 2.20 bits per heavy atom. The average molecular weight is 294 g/mol. The third-order valence-corrected chi connectivity index (χ3v) is 4.50. The fraction of sp³-hybridized carbons (Fsp3) is 0.615. The summed E-state index contributed by atoms with van der Waals surface area (Å²) in [5.41, 5.74) is 0. The van der Waals surface area contributed by atoms with E-state index < -0.39 is 0 Å². The highest BCUT2D eigenvalue weighted by molar-refractivity contribution is 7.99. The van der Waals surface area contributed by atoms with Gasteiger partial charge in [0.1, 0.15) is 12.1 Å². The van der Waals surface area contributed by atoms with Gasteiger partial charge in [0.25, 0.3) is 5.91 Å². The first kappa shape index (κ1) is 13.6. The summed E-state index contributed by atoms with van der Waals surface area (Å²) in [5.74, 6) is 3.02. The van der Waals surface area contributed by atoms with Crippen LogP contribution in [0.25, 0.3) is 0 Å². The molecule has 3 rings (SSSR count). The fourth-order valence-electron chi connectivity index (χ4n) is 2.46. The van der Waals surface area contributed by atoms with Crippen molar-refractivity contribution >= 4 is 23.5 Å². The predicted molar refractivity (Wildman–Crippen MR) is 77.9 cm³/mol. The monoisotopic (exact) mass is 294 g/mol. The van der Waals surface area contributed by atoms with Crippen LogP contribution in [-0.2, 0) is 9.53 Å². The van der Waals surface area contributed by atoms with E-state index >= 15 is 0 Å². The van der Waals surface area contributed by atoms with Crippen LogP contribution in [0.15, 0.2) is 18.6 Å². The van der Waals surface area contributed by atoms with Gasteiger partial charge in [-0.1, -0.05) is 0 Å². The third-order valence-electron chi connectivity index (χ3n) is 3.55. The normalized spacial score (nSPS) is 23.7. The summed E-state index contributed by atoms with van der Waals surface area (Å²) in [5, 5.41) is 0. The van der Waals surface area contributed by atoms with E-state index in [0.717, 1.165) is 37.0 Å². The summed E-state index contributed by atoms with van der Waals surface area (Å²) >= 11 is 1.90. The summed E-state index contributed by atoms with van der Waals surface area (Å²) < 4.78 is 5.66. The summed E-state index contributed by atoms with van der Waals surface area (Å²) in [6.07, 6.45) is 2.88. The average Bonchev–Trinajstić information content (AvgIpc) is 2.56. The molecule has 1 aromatic rings. The Bertz CT molecular complexity index is 453. The van der Waals surface area contributed by atoms with Crippen LogP contribution in [0.2, 0.25) is 0 Å². The molecule has 0 aromatic carbocycles. The number of anilines is 1. The molecule has 0 spiro atoms. The smallest absolute Gasteiger partial charge is 0.253 e. The maximum atomic E-state index is 12.5. The summed E-state index contributed by atoms with van der Waals surface area (Å²) in [6.45, 7) is 3.55. The number of thioether (sulfide) groups is 1. The topological polar surface area (TPSA) is 58.6 Å². The molecule has 108 valence electrons. The molecule has 1 aromatic heterocycles. The molecule has 7 heteroatoms. The van der Waals surface area contributed by atoms with E-state index in [4.69, 9.17) is 4.74 Å². The lowest BCUT2D eigenvalue weighted by Crippen LogP contribution is -2.52. The minimum absolute atomic E-state index is 0.115. The van der Waals surface area contributed by atoms with Gasteiger partial charge in [-0.15, -0.1) is 0 Å². The molecule has 20 heavy (non-hydrogen) atoms. The van der Waals surface area contributed by atoms with Gasteiger partial charge in [0.15, 0.2) is 6.10 Å². The molecule has 6 nitrogen and oxygen atoms in total. The zero-order chi connectivity index (χ0) is 13.8. The number of carbonyl (C=O) groups is 1. The van der Waals surface area contributed by atoms with E-state index in [2.05, 4.69) is 14.9 Å². The number of aromatic nitrogens is 2. The number of rotatable bonds is 2. The molecule has 2 fully saturated rings. The van der Waals surface area contributed by atoms with Gasteiger partial charge in [0.2, 0.25) is 0 Å². The van der Waals surface area contributed by atoms with Crippen molar-refractivity contribution in [3.05, 3.63) is 18.6 Å². The number of nitrogens with zero attached hydrogens (tertiary/aromatic N) is 4. The quantitative estimate of drug-likeness (QED) is 0.780. The highest BCUT2D eigenvalue weighted by atomic mass is 32.2. The van der Waals surface area contributed by atoms with Crippen molar-refractivity contribution in [3.8, 4) is 0 Å². The van der Waals surface area contributed by atoms with Crippen molar-refractivity contribution in [2.45, 2.75) is 6.10 Å². The molecule has 0 N–H and O–H groups in total. The van der Waals surface area contributed by atoms with E-state index in [1.54, 1.807) is 6.20 Å². The van der Waals surface area contributed by atoms with Gasteiger partial charge in [-0.2, -0.15) is 11.8 Å². The largest absolute Gasteiger partial charge is 0.365 e.